The minimum absolute atomic E-state index is 0.260. The third-order valence-electron chi connectivity index (χ3n) is 3.22. The number of carbonyl (C=O) groups is 2. The highest BCUT2D eigenvalue weighted by Gasteiger charge is 2.32. The molecule has 1 heterocycles. The average molecular weight is 347 g/mol. The molecule has 19 heavy (non-hydrogen) atoms. The monoisotopic (exact) mass is 345 g/mol. The molecular formula is C13H13BrClNO3. The van der Waals surface area contributed by atoms with Gasteiger partial charge in [0.05, 0.1) is 5.02 Å². The number of carboxylic acid groups (broad SMARTS) is 1. The van der Waals surface area contributed by atoms with Gasteiger partial charge in [0.25, 0.3) is 5.91 Å². The second-order valence-electron chi connectivity index (χ2n) is 4.48. The standard InChI is InChI=1S/C13H13BrClNO3/c14-9-7-8(4-5-10(9)15)12(17)16-6-2-1-3-11(16)13(18)19/h4-5,7,11H,1-3,6H2,(H,18,19)/t11-/m1/s1. The predicted molar refractivity (Wildman–Crippen MR) is 75.5 cm³/mol. The van der Waals surface area contributed by atoms with E-state index in [0.717, 1.165) is 12.8 Å². The first-order valence-electron chi connectivity index (χ1n) is 5.99. The molecule has 0 unspecified atom stereocenters. The Morgan fingerprint density at radius 2 is 2.11 bits per heavy atom. The van der Waals surface area contributed by atoms with Crippen molar-refractivity contribution in [1.82, 2.24) is 4.90 Å². The molecule has 0 aliphatic carbocycles. The maximum absolute atomic E-state index is 12.4. The van der Waals surface area contributed by atoms with Crippen LogP contribution in [-0.2, 0) is 4.79 Å². The first kappa shape index (κ1) is 14.3. The lowest BCUT2D eigenvalue weighted by atomic mass is 10.0. The van der Waals surface area contributed by atoms with Gasteiger partial charge < -0.3 is 10.0 Å². The quantitative estimate of drug-likeness (QED) is 0.895. The van der Waals surface area contributed by atoms with Crippen molar-refractivity contribution in [1.29, 1.82) is 0 Å². The molecule has 2 rings (SSSR count). The van der Waals surface area contributed by atoms with Gasteiger partial charge in [-0.15, -0.1) is 0 Å². The molecule has 1 saturated heterocycles. The maximum atomic E-state index is 12.4. The molecule has 1 aliphatic rings. The number of halogens is 2. The Bertz CT molecular complexity index is 521. The molecule has 0 aromatic heterocycles. The van der Waals surface area contributed by atoms with Crippen LogP contribution in [0.2, 0.25) is 5.02 Å². The van der Waals surface area contributed by atoms with Crippen molar-refractivity contribution in [2.75, 3.05) is 6.54 Å². The number of aliphatic carboxylic acids is 1. The van der Waals surface area contributed by atoms with Crippen LogP contribution in [0.5, 0.6) is 0 Å². The third kappa shape index (κ3) is 3.09. The number of nitrogens with zero attached hydrogens (tertiary/aromatic N) is 1. The lowest BCUT2D eigenvalue weighted by molar-refractivity contribution is -0.143. The number of carboxylic acids is 1. The summed E-state index contributed by atoms with van der Waals surface area (Å²) in [6, 6.07) is 4.13. The second kappa shape index (κ2) is 5.92. The van der Waals surface area contributed by atoms with E-state index in [4.69, 9.17) is 11.6 Å². The number of hydrogen-bond donors (Lipinski definition) is 1. The molecule has 6 heteroatoms. The Kier molecular flexibility index (Phi) is 4.47. The fraction of sp³-hybridized carbons (Fsp3) is 0.385. The molecule has 1 aromatic rings. The van der Waals surface area contributed by atoms with Gasteiger partial charge in [-0.25, -0.2) is 4.79 Å². The van der Waals surface area contributed by atoms with E-state index in [1.165, 1.54) is 4.90 Å². The summed E-state index contributed by atoms with van der Waals surface area (Å²) in [7, 11) is 0. The number of benzene rings is 1. The largest absolute Gasteiger partial charge is 0.480 e. The highest BCUT2D eigenvalue weighted by Crippen LogP contribution is 2.25. The van der Waals surface area contributed by atoms with Crippen LogP contribution >= 0.6 is 27.5 Å². The summed E-state index contributed by atoms with van der Waals surface area (Å²) in [4.78, 5) is 25.0. The van der Waals surface area contributed by atoms with Gasteiger partial charge in [-0.1, -0.05) is 11.6 Å². The number of hydrogen-bond acceptors (Lipinski definition) is 2. The van der Waals surface area contributed by atoms with Gasteiger partial charge in [-0.05, 0) is 53.4 Å². The minimum atomic E-state index is -0.943. The lowest BCUT2D eigenvalue weighted by Crippen LogP contribution is -2.47. The van der Waals surface area contributed by atoms with Crippen LogP contribution in [0, 0.1) is 0 Å². The van der Waals surface area contributed by atoms with Gasteiger partial charge in [-0.3, -0.25) is 4.79 Å². The lowest BCUT2D eigenvalue weighted by Gasteiger charge is -2.33. The fourth-order valence-electron chi connectivity index (χ4n) is 2.23. The molecule has 0 radical (unpaired) electrons. The first-order valence-corrected chi connectivity index (χ1v) is 7.16. The summed E-state index contributed by atoms with van der Waals surface area (Å²) in [5.74, 6) is -1.20. The fourth-order valence-corrected chi connectivity index (χ4v) is 2.72. The number of rotatable bonds is 2. The average Bonchev–Trinajstić information content (AvgIpc) is 2.41. The Morgan fingerprint density at radius 3 is 2.74 bits per heavy atom. The van der Waals surface area contributed by atoms with E-state index in [1.54, 1.807) is 18.2 Å². The van der Waals surface area contributed by atoms with E-state index in [2.05, 4.69) is 15.9 Å². The van der Waals surface area contributed by atoms with Gasteiger partial charge in [0.2, 0.25) is 0 Å². The molecule has 0 spiro atoms. The Balaban J connectivity index is 2.26. The van der Waals surface area contributed by atoms with E-state index in [0.29, 0.717) is 28.0 Å². The van der Waals surface area contributed by atoms with Crippen LogP contribution in [0.25, 0.3) is 0 Å². The number of piperidine rings is 1. The van der Waals surface area contributed by atoms with Crippen molar-refractivity contribution < 1.29 is 14.7 Å². The molecule has 1 aliphatic heterocycles. The zero-order chi connectivity index (χ0) is 14.0. The van der Waals surface area contributed by atoms with E-state index >= 15 is 0 Å². The molecule has 1 amide bonds. The molecule has 0 bridgehead atoms. The van der Waals surface area contributed by atoms with Crippen LogP contribution in [0.4, 0.5) is 0 Å². The summed E-state index contributed by atoms with van der Waals surface area (Å²) < 4.78 is 0.629. The molecule has 4 nitrogen and oxygen atoms in total. The van der Waals surface area contributed by atoms with Crippen molar-refractivity contribution in [3.05, 3.63) is 33.3 Å². The third-order valence-corrected chi connectivity index (χ3v) is 4.43. The zero-order valence-corrected chi connectivity index (χ0v) is 12.4. The van der Waals surface area contributed by atoms with Crippen LogP contribution in [0.3, 0.4) is 0 Å². The van der Waals surface area contributed by atoms with Crippen molar-refractivity contribution >= 4 is 39.4 Å². The maximum Gasteiger partial charge on any atom is 0.326 e. The van der Waals surface area contributed by atoms with Crippen LogP contribution in [0.1, 0.15) is 29.6 Å². The van der Waals surface area contributed by atoms with Gasteiger partial charge in [0.1, 0.15) is 6.04 Å². The van der Waals surface area contributed by atoms with Crippen molar-refractivity contribution in [2.24, 2.45) is 0 Å². The number of amides is 1. The Labute approximate surface area is 124 Å². The highest BCUT2D eigenvalue weighted by molar-refractivity contribution is 9.10. The minimum Gasteiger partial charge on any atom is -0.480 e. The first-order chi connectivity index (χ1) is 9.00. The molecular weight excluding hydrogens is 334 g/mol. The van der Waals surface area contributed by atoms with Crippen LogP contribution in [-0.4, -0.2) is 34.5 Å². The van der Waals surface area contributed by atoms with E-state index in [-0.39, 0.29) is 5.91 Å². The summed E-state index contributed by atoms with van der Waals surface area (Å²) in [6.07, 6.45) is 2.19. The van der Waals surface area contributed by atoms with Crippen LogP contribution in [0.15, 0.2) is 22.7 Å². The summed E-state index contributed by atoms with van der Waals surface area (Å²) in [6.45, 7) is 0.482. The topological polar surface area (TPSA) is 57.6 Å². The zero-order valence-electron chi connectivity index (χ0n) is 10.1. The van der Waals surface area contributed by atoms with Gasteiger partial charge in [-0.2, -0.15) is 0 Å². The molecule has 1 aromatic carbocycles. The van der Waals surface area contributed by atoms with Crippen molar-refractivity contribution in [3.8, 4) is 0 Å². The van der Waals surface area contributed by atoms with Crippen LogP contribution < -0.4 is 0 Å². The van der Waals surface area contributed by atoms with E-state index < -0.39 is 12.0 Å². The normalized spacial score (nSPS) is 19.3. The van der Waals surface area contributed by atoms with E-state index in [9.17, 15) is 14.7 Å². The molecule has 0 saturated carbocycles. The smallest absolute Gasteiger partial charge is 0.326 e. The Hall–Kier alpha value is -1.07. The summed E-state index contributed by atoms with van der Waals surface area (Å²) >= 11 is 9.15. The summed E-state index contributed by atoms with van der Waals surface area (Å²) in [5.41, 5.74) is 0.449. The molecule has 102 valence electrons. The molecule has 1 N–H and O–H groups in total. The second-order valence-corrected chi connectivity index (χ2v) is 5.74. The van der Waals surface area contributed by atoms with Crippen molar-refractivity contribution in [2.45, 2.75) is 25.3 Å². The summed E-state index contributed by atoms with van der Waals surface area (Å²) in [5, 5.41) is 9.70. The molecule has 1 fully saturated rings. The van der Waals surface area contributed by atoms with E-state index in [1.807, 2.05) is 0 Å². The number of carbonyl (C=O) groups excluding carboxylic acids is 1. The number of likely N-dealkylation sites (tertiary alicyclic amines) is 1. The van der Waals surface area contributed by atoms with Crippen molar-refractivity contribution in [3.63, 3.8) is 0 Å². The Morgan fingerprint density at radius 1 is 1.37 bits per heavy atom. The molecule has 1 atom stereocenters. The highest BCUT2D eigenvalue weighted by atomic mass is 79.9. The van der Waals surface area contributed by atoms with Gasteiger partial charge in [0.15, 0.2) is 0 Å². The van der Waals surface area contributed by atoms with Gasteiger partial charge in [0, 0.05) is 16.6 Å². The SMILES string of the molecule is O=C(O)[C@H]1CCCCN1C(=O)c1ccc(Cl)c(Br)c1. The van der Waals surface area contributed by atoms with Gasteiger partial charge >= 0.3 is 5.97 Å². The predicted octanol–water partition coefficient (Wildman–Crippen LogP) is 3.18.